The first-order valence-corrected chi connectivity index (χ1v) is 7.65. The zero-order valence-corrected chi connectivity index (χ0v) is 13.3. The number of benzene rings is 2. The van der Waals surface area contributed by atoms with Crippen LogP contribution in [0.3, 0.4) is 0 Å². The second kappa shape index (κ2) is 8.31. The Hall–Kier alpha value is -2.18. The highest BCUT2D eigenvalue weighted by atomic mass is 35.5. The summed E-state index contributed by atoms with van der Waals surface area (Å²) < 4.78 is 11.3. The average Bonchev–Trinajstić information content (AvgIpc) is 2.54. The predicted octanol–water partition coefficient (Wildman–Crippen LogP) is 4.62. The van der Waals surface area contributed by atoms with Gasteiger partial charge in [0.1, 0.15) is 0 Å². The summed E-state index contributed by atoms with van der Waals surface area (Å²) in [6, 6.07) is 15.6. The molecule has 0 spiro atoms. The molecule has 0 aromatic heterocycles. The molecule has 0 amide bonds. The SMILES string of the molecule is CCOc1cc(C#N)cc(Cl)c1OCCCc1ccccc1. The van der Waals surface area contributed by atoms with Gasteiger partial charge in [-0.3, -0.25) is 0 Å². The monoisotopic (exact) mass is 315 g/mol. The van der Waals surface area contributed by atoms with Gasteiger partial charge in [-0.1, -0.05) is 41.9 Å². The molecule has 0 bridgehead atoms. The molecule has 2 rings (SSSR count). The van der Waals surface area contributed by atoms with Gasteiger partial charge in [0.25, 0.3) is 0 Å². The molecule has 0 aliphatic carbocycles. The lowest BCUT2D eigenvalue weighted by Gasteiger charge is -2.14. The van der Waals surface area contributed by atoms with Crippen molar-refractivity contribution in [2.75, 3.05) is 13.2 Å². The molecule has 0 unspecified atom stereocenters. The van der Waals surface area contributed by atoms with Gasteiger partial charge in [-0.15, -0.1) is 0 Å². The predicted molar refractivity (Wildman–Crippen MR) is 87.6 cm³/mol. The van der Waals surface area contributed by atoms with Gasteiger partial charge in [0.2, 0.25) is 0 Å². The van der Waals surface area contributed by atoms with Gasteiger partial charge in [0, 0.05) is 6.07 Å². The fraction of sp³-hybridized carbons (Fsp3) is 0.278. The van der Waals surface area contributed by atoms with E-state index in [-0.39, 0.29) is 0 Å². The van der Waals surface area contributed by atoms with Crippen LogP contribution in [0.5, 0.6) is 11.5 Å². The lowest BCUT2D eigenvalue weighted by atomic mass is 10.1. The fourth-order valence-corrected chi connectivity index (χ4v) is 2.40. The van der Waals surface area contributed by atoms with Crippen molar-refractivity contribution in [1.29, 1.82) is 5.26 Å². The summed E-state index contributed by atoms with van der Waals surface area (Å²) in [4.78, 5) is 0. The van der Waals surface area contributed by atoms with Crippen LogP contribution in [0.25, 0.3) is 0 Å². The van der Waals surface area contributed by atoms with E-state index in [0.717, 1.165) is 12.8 Å². The van der Waals surface area contributed by atoms with Gasteiger partial charge in [0.15, 0.2) is 11.5 Å². The van der Waals surface area contributed by atoms with Crippen LogP contribution in [0.4, 0.5) is 0 Å². The maximum atomic E-state index is 8.98. The molecule has 0 heterocycles. The number of hydrogen-bond donors (Lipinski definition) is 0. The highest BCUT2D eigenvalue weighted by Crippen LogP contribution is 2.36. The lowest BCUT2D eigenvalue weighted by Crippen LogP contribution is -2.03. The number of aryl methyl sites for hydroxylation is 1. The Morgan fingerprint density at radius 3 is 2.59 bits per heavy atom. The van der Waals surface area contributed by atoms with Gasteiger partial charge >= 0.3 is 0 Å². The highest BCUT2D eigenvalue weighted by Gasteiger charge is 2.12. The van der Waals surface area contributed by atoms with Crippen LogP contribution in [-0.4, -0.2) is 13.2 Å². The third-order valence-corrected chi connectivity index (χ3v) is 3.42. The number of nitriles is 1. The van der Waals surface area contributed by atoms with E-state index in [1.807, 2.05) is 25.1 Å². The maximum Gasteiger partial charge on any atom is 0.179 e. The Labute approximate surface area is 136 Å². The highest BCUT2D eigenvalue weighted by molar-refractivity contribution is 6.32. The van der Waals surface area contributed by atoms with E-state index in [1.54, 1.807) is 12.1 Å². The Kier molecular flexibility index (Phi) is 6.12. The quantitative estimate of drug-likeness (QED) is 0.700. The van der Waals surface area contributed by atoms with E-state index in [9.17, 15) is 0 Å². The Bertz CT molecular complexity index is 650. The summed E-state index contributed by atoms with van der Waals surface area (Å²) in [6.07, 6.45) is 1.82. The summed E-state index contributed by atoms with van der Waals surface area (Å²) >= 11 is 6.19. The summed E-state index contributed by atoms with van der Waals surface area (Å²) in [5.74, 6) is 1.03. The summed E-state index contributed by atoms with van der Waals surface area (Å²) in [6.45, 7) is 2.91. The van der Waals surface area contributed by atoms with E-state index in [4.69, 9.17) is 26.3 Å². The van der Waals surface area contributed by atoms with E-state index < -0.39 is 0 Å². The van der Waals surface area contributed by atoms with Crippen molar-refractivity contribution < 1.29 is 9.47 Å². The Balaban J connectivity index is 1.98. The zero-order valence-electron chi connectivity index (χ0n) is 12.5. The van der Waals surface area contributed by atoms with Crippen molar-refractivity contribution in [3.05, 3.63) is 58.6 Å². The number of halogens is 1. The molecule has 3 nitrogen and oxygen atoms in total. The molecule has 2 aromatic rings. The number of rotatable bonds is 7. The Morgan fingerprint density at radius 1 is 1.14 bits per heavy atom. The third kappa shape index (κ3) is 4.41. The smallest absolute Gasteiger partial charge is 0.179 e. The minimum atomic E-state index is 0.405. The van der Waals surface area contributed by atoms with Crippen LogP contribution in [0.1, 0.15) is 24.5 Å². The van der Waals surface area contributed by atoms with Crippen LogP contribution in [0.2, 0.25) is 5.02 Å². The number of hydrogen-bond acceptors (Lipinski definition) is 3. The molecular formula is C18H18ClNO2. The zero-order chi connectivity index (χ0) is 15.8. The van der Waals surface area contributed by atoms with Crippen molar-refractivity contribution in [2.45, 2.75) is 19.8 Å². The van der Waals surface area contributed by atoms with Crippen LogP contribution in [-0.2, 0) is 6.42 Å². The number of ether oxygens (including phenoxy) is 2. The van der Waals surface area contributed by atoms with Crippen molar-refractivity contribution in [3.8, 4) is 17.6 Å². The van der Waals surface area contributed by atoms with Gasteiger partial charge in [-0.05, 0) is 31.4 Å². The molecule has 2 aromatic carbocycles. The summed E-state index contributed by atoms with van der Waals surface area (Å²) in [5.41, 5.74) is 1.74. The molecule has 0 aliphatic heterocycles. The number of nitrogens with zero attached hydrogens (tertiary/aromatic N) is 1. The molecule has 4 heteroatoms. The van der Waals surface area contributed by atoms with Gasteiger partial charge in [0.05, 0.1) is 29.9 Å². The molecule has 0 saturated heterocycles. The maximum absolute atomic E-state index is 8.98. The van der Waals surface area contributed by atoms with Crippen molar-refractivity contribution in [3.63, 3.8) is 0 Å². The molecule has 0 atom stereocenters. The molecule has 0 fully saturated rings. The van der Waals surface area contributed by atoms with Crippen LogP contribution in [0.15, 0.2) is 42.5 Å². The van der Waals surface area contributed by atoms with Gasteiger partial charge < -0.3 is 9.47 Å². The standard InChI is InChI=1S/C18H18ClNO2/c1-2-21-17-12-15(13-20)11-16(19)18(17)22-10-6-9-14-7-4-3-5-8-14/h3-5,7-8,11-12H,2,6,9-10H2,1H3. The second-order valence-corrected chi connectivity index (χ2v) is 5.17. The minimum absolute atomic E-state index is 0.405. The van der Waals surface area contributed by atoms with Gasteiger partial charge in [-0.25, -0.2) is 0 Å². The van der Waals surface area contributed by atoms with Gasteiger partial charge in [-0.2, -0.15) is 5.26 Å². The molecule has 0 radical (unpaired) electrons. The molecule has 0 saturated carbocycles. The summed E-state index contributed by atoms with van der Waals surface area (Å²) in [7, 11) is 0. The van der Waals surface area contributed by atoms with E-state index in [0.29, 0.717) is 35.3 Å². The topological polar surface area (TPSA) is 42.2 Å². The normalized spacial score (nSPS) is 10.0. The molecule has 0 N–H and O–H groups in total. The second-order valence-electron chi connectivity index (χ2n) is 4.77. The van der Waals surface area contributed by atoms with E-state index in [1.165, 1.54) is 5.56 Å². The average molecular weight is 316 g/mol. The third-order valence-electron chi connectivity index (χ3n) is 3.14. The first-order valence-electron chi connectivity index (χ1n) is 7.27. The van der Waals surface area contributed by atoms with Crippen LogP contribution < -0.4 is 9.47 Å². The van der Waals surface area contributed by atoms with E-state index >= 15 is 0 Å². The molecular weight excluding hydrogens is 298 g/mol. The Morgan fingerprint density at radius 2 is 1.91 bits per heavy atom. The fourth-order valence-electron chi connectivity index (χ4n) is 2.13. The largest absolute Gasteiger partial charge is 0.490 e. The van der Waals surface area contributed by atoms with Crippen molar-refractivity contribution in [1.82, 2.24) is 0 Å². The first kappa shape index (κ1) is 16.2. The summed E-state index contributed by atoms with van der Waals surface area (Å²) in [5, 5.41) is 9.39. The first-order chi connectivity index (χ1) is 10.7. The van der Waals surface area contributed by atoms with Crippen molar-refractivity contribution in [2.24, 2.45) is 0 Å². The molecule has 22 heavy (non-hydrogen) atoms. The van der Waals surface area contributed by atoms with Crippen LogP contribution in [0, 0.1) is 11.3 Å². The lowest BCUT2D eigenvalue weighted by molar-refractivity contribution is 0.273. The molecule has 114 valence electrons. The van der Waals surface area contributed by atoms with Crippen molar-refractivity contribution >= 4 is 11.6 Å². The molecule has 0 aliphatic rings. The van der Waals surface area contributed by atoms with E-state index in [2.05, 4.69) is 18.2 Å². The minimum Gasteiger partial charge on any atom is -0.490 e. The van der Waals surface area contributed by atoms with Crippen LogP contribution >= 0.6 is 11.6 Å².